The number of amides is 1. The van der Waals surface area contributed by atoms with Gasteiger partial charge in [-0.25, -0.2) is 17.9 Å². The number of esters is 1. The highest BCUT2D eigenvalue weighted by Crippen LogP contribution is 2.28. The van der Waals surface area contributed by atoms with Crippen LogP contribution in [-0.2, 0) is 19.4 Å². The lowest BCUT2D eigenvalue weighted by Crippen LogP contribution is -2.43. The van der Waals surface area contributed by atoms with Crippen LogP contribution in [0.2, 0.25) is 0 Å². The summed E-state index contributed by atoms with van der Waals surface area (Å²) in [6.07, 6.45) is 2.00. The Morgan fingerprint density at radius 2 is 2.00 bits per heavy atom. The van der Waals surface area contributed by atoms with Crippen LogP contribution in [0.5, 0.6) is 0 Å². The topological polar surface area (TPSA) is 98.6 Å². The summed E-state index contributed by atoms with van der Waals surface area (Å²) in [5, 5.41) is 6.46. The zero-order valence-corrected chi connectivity index (χ0v) is 19.1. The fourth-order valence-corrected chi connectivity index (χ4v) is 6.23. The number of ether oxygens (including phenoxy) is 1. The Morgan fingerprint density at radius 3 is 2.62 bits per heavy atom. The molecule has 4 rings (SSSR count). The number of carbonyl (C=O) groups is 2. The summed E-state index contributed by atoms with van der Waals surface area (Å²) in [6, 6.07) is 12.7. The highest BCUT2D eigenvalue weighted by atomic mass is 32.2. The first-order valence-corrected chi connectivity index (χ1v) is 12.9. The number of hydrogen-bond acceptors (Lipinski definition) is 7. The molecule has 32 heavy (non-hydrogen) atoms. The molecule has 3 aromatic rings. The molecular weight excluding hydrogens is 450 g/mol. The molecule has 3 heterocycles. The lowest BCUT2D eigenvalue weighted by atomic mass is 10.2. The van der Waals surface area contributed by atoms with E-state index in [1.165, 1.54) is 16.2 Å². The lowest BCUT2D eigenvalue weighted by molar-refractivity contribution is -0.136. The van der Waals surface area contributed by atoms with Gasteiger partial charge in [-0.1, -0.05) is 24.3 Å². The van der Waals surface area contributed by atoms with Crippen LogP contribution in [-0.4, -0.2) is 65.7 Å². The second-order valence-electron chi connectivity index (χ2n) is 7.46. The first kappa shape index (κ1) is 22.2. The summed E-state index contributed by atoms with van der Waals surface area (Å²) in [5.74, 6) is -1.04. The molecule has 1 fully saturated rings. The summed E-state index contributed by atoms with van der Waals surface area (Å²) in [7, 11) is -3.12. The number of carbonyl (C=O) groups excluding carboxylic acids is 2. The van der Waals surface area contributed by atoms with Crippen LogP contribution in [0.3, 0.4) is 0 Å². The molecule has 168 valence electrons. The Kier molecular flexibility index (Phi) is 6.43. The van der Waals surface area contributed by atoms with Crippen molar-refractivity contribution in [3.05, 3.63) is 59.6 Å². The second-order valence-corrected chi connectivity index (χ2v) is 10.6. The van der Waals surface area contributed by atoms with E-state index in [0.717, 1.165) is 10.6 Å². The van der Waals surface area contributed by atoms with Crippen molar-refractivity contribution in [2.75, 3.05) is 24.7 Å². The maximum atomic E-state index is 12.9. The number of rotatable bonds is 7. The van der Waals surface area contributed by atoms with Crippen molar-refractivity contribution < 1.29 is 22.7 Å². The minimum atomic E-state index is -3.12. The third-order valence-electron chi connectivity index (χ3n) is 5.35. The third-order valence-corrected chi connectivity index (χ3v) is 7.97. The number of likely N-dealkylation sites (N-methyl/N-ethyl adjacent to an activating group) is 1. The maximum Gasteiger partial charge on any atom is 0.342 e. The molecule has 1 aliphatic heterocycles. The van der Waals surface area contributed by atoms with Crippen LogP contribution in [0.15, 0.2) is 54.0 Å². The number of sulfone groups is 1. The summed E-state index contributed by atoms with van der Waals surface area (Å²) >= 11 is 1.45. The van der Waals surface area contributed by atoms with Gasteiger partial charge in [0, 0.05) is 18.8 Å². The summed E-state index contributed by atoms with van der Waals surface area (Å²) in [4.78, 5) is 27.9. The first-order chi connectivity index (χ1) is 15.4. The Balaban J connectivity index is 1.51. The highest BCUT2D eigenvalue weighted by molar-refractivity contribution is 7.91. The number of thiophene rings is 1. The van der Waals surface area contributed by atoms with E-state index in [2.05, 4.69) is 5.10 Å². The number of hydrogen-bond donors (Lipinski definition) is 0. The zero-order valence-electron chi connectivity index (χ0n) is 17.5. The van der Waals surface area contributed by atoms with Gasteiger partial charge in [-0.15, -0.1) is 11.3 Å². The Morgan fingerprint density at radius 1 is 1.22 bits per heavy atom. The average molecular weight is 474 g/mol. The van der Waals surface area contributed by atoms with Crippen molar-refractivity contribution in [2.24, 2.45) is 0 Å². The van der Waals surface area contributed by atoms with Gasteiger partial charge in [0.1, 0.15) is 11.3 Å². The van der Waals surface area contributed by atoms with Gasteiger partial charge in [-0.2, -0.15) is 5.10 Å². The molecule has 1 atom stereocenters. The molecule has 0 bridgehead atoms. The molecule has 0 unspecified atom stereocenters. The van der Waals surface area contributed by atoms with Crippen molar-refractivity contribution in [1.29, 1.82) is 0 Å². The quantitative estimate of drug-likeness (QED) is 0.490. The molecule has 1 aromatic carbocycles. The minimum absolute atomic E-state index is 0.0487. The van der Waals surface area contributed by atoms with Crippen LogP contribution in [0.1, 0.15) is 23.7 Å². The molecule has 0 radical (unpaired) electrons. The largest absolute Gasteiger partial charge is 0.452 e. The fourth-order valence-electron chi connectivity index (χ4n) is 3.78. The summed E-state index contributed by atoms with van der Waals surface area (Å²) in [6.45, 7) is 1.68. The number of nitrogens with zero attached hydrogens (tertiary/aromatic N) is 3. The van der Waals surface area contributed by atoms with Gasteiger partial charge in [-0.05, 0) is 36.9 Å². The average Bonchev–Trinajstić information content (AvgIpc) is 3.53. The van der Waals surface area contributed by atoms with E-state index in [0.29, 0.717) is 18.7 Å². The van der Waals surface area contributed by atoms with E-state index in [-0.39, 0.29) is 23.1 Å². The van der Waals surface area contributed by atoms with Gasteiger partial charge in [0.05, 0.1) is 22.1 Å². The molecule has 1 saturated heterocycles. The van der Waals surface area contributed by atoms with Crippen LogP contribution in [0.25, 0.3) is 16.3 Å². The first-order valence-electron chi connectivity index (χ1n) is 10.2. The zero-order chi connectivity index (χ0) is 22.7. The SMILES string of the molecule is CCN(C(=O)COC(=O)c1cn(-c2ccccc2)nc1-c1cccs1)[C@H]1CCS(=O)(=O)C1. The monoisotopic (exact) mass is 473 g/mol. The molecule has 0 N–H and O–H groups in total. The standard InChI is InChI=1S/C22H23N3O5S2/c1-2-24(17-10-12-32(28,29)15-17)20(26)14-30-22(27)18-13-25(16-7-4-3-5-8-16)23-21(18)19-9-6-11-31-19/h3-9,11,13,17H,2,10,12,14-15H2,1H3/t17-/m0/s1. The number of benzene rings is 1. The van der Waals surface area contributed by atoms with Gasteiger partial charge >= 0.3 is 5.97 Å². The molecule has 10 heteroatoms. The van der Waals surface area contributed by atoms with Crippen molar-refractivity contribution in [3.8, 4) is 16.3 Å². The van der Waals surface area contributed by atoms with Crippen LogP contribution < -0.4 is 0 Å². The van der Waals surface area contributed by atoms with Gasteiger partial charge in [0.15, 0.2) is 16.4 Å². The maximum absolute atomic E-state index is 12.9. The molecule has 1 aliphatic rings. The molecular formula is C22H23N3O5S2. The van der Waals surface area contributed by atoms with Gasteiger partial charge in [-0.3, -0.25) is 4.79 Å². The Bertz CT molecular complexity index is 1200. The summed E-state index contributed by atoms with van der Waals surface area (Å²) in [5.41, 5.74) is 1.53. The number of aromatic nitrogens is 2. The van der Waals surface area contributed by atoms with Crippen molar-refractivity contribution in [2.45, 2.75) is 19.4 Å². The molecule has 2 aromatic heterocycles. The lowest BCUT2D eigenvalue weighted by Gasteiger charge is -2.26. The van der Waals surface area contributed by atoms with Crippen molar-refractivity contribution in [3.63, 3.8) is 0 Å². The number of para-hydroxylation sites is 1. The Labute approximate surface area is 190 Å². The van der Waals surface area contributed by atoms with E-state index < -0.39 is 28.3 Å². The van der Waals surface area contributed by atoms with E-state index in [9.17, 15) is 18.0 Å². The Hall–Kier alpha value is -2.98. The predicted molar refractivity (Wildman–Crippen MR) is 122 cm³/mol. The second kappa shape index (κ2) is 9.25. The van der Waals surface area contributed by atoms with Crippen LogP contribution in [0.4, 0.5) is 0 Å². The third kappa shape index (κ3) is 4.76. The highest BCUT2D eigenvalue weighted by Gasteiger charge is 2.34. The molecule has 1 amide bonds. The van der Waals surface area contributed by atoms with Gasteiger partial charge in [0.2, 0.25) is 0 Å². The van der Waals surface area contributed by atoms with E-state index in [1.54, 1.807) is 17.8 Å². The van der Waals surface area contributed by atoms with E-state index in [1.807, 2.05) is 47.8 Å². The van der Waals surface area contributed by atoms with Gasteiger partial charge in [0.25, 0.3) is 5.91 Å². The van der Waals surface area contributed by atoms with Crippen molar-refractivity contribution >= 4 is 33.1 Å². The molecule has 0 saturated carbocycles. The predicted octanol–water partition coefficient (Wildman–Crippen LogP) is 2.79. The smallest absolute Gasteiger partial charge is 0.342 e. The van der Waals surface area contributed by atoms with Crippen LogP contribution in [0, 0.1) is 0 Å². The molecule has 8 nitrogen and oxygen atoms in total. The van der Waals surface area contributed by atoms with Crippen molar-refractivity contribution in [1.82, 2.24) is 14.7 Å². The van der Waals surface area contributed by atoms with E-state index in [4.69, 9.17) is 4.74 Å². The van der Waals surface area contributed by atoms with Crippen LogP contribution >= 0.6 is 11.3 Å². The summed E-state index contributed by atoms with van der Waals surface area (Å²) < 4.78 is 30.5. The molecule has 0 aliphatic carbocycles. The van der Waals surface area contributed by atoms with E-state index >= 15 is 0 Å². The minimum Gasteiger partial charge on any atom is -0.452 e. The molecule has 0 spiro atoms. The normalized spacial score (nSPS) is 17.2. The fraction of sp³-hybridized carbons (Fsp3) is 0.318. The van der Waals surface area contributed by atoms with Gasteiger partial charge < -0.3 is 9.64 Å².